The van der Waals surface area contributed by atoms with Crippen LogP contribution in [0.1, 0.15) is 5.69 Å². The van der Waals surface area contributed by atoms with E-state index in [1.54, 1.807) is 38.7 Å². The Morgan fingerprint density at radius 2 is 1.78 bits per heavy atom. The molecule has 0 saturated carbocycles. The molecule has 27 heavy (non-hydrogen) atoms. The molecule has 140 valence electrons. The van der Waals surface area contributed by atoms with Crippen LogP contribution < -0.4 is 20.1 Å². The Morgan fingerprint density at radius 1 is 1.07 bits per heavy atom. The van der Waals surface area contributed by atoms with E-state index < -0.39 is 0 Å². The molecule has 2 N–H and O–H groups in total. The van der Waals surface area contributed by atoms with Gasteiger partial charge in [0.15, 0.2) is 0 Å². The van der Waals surface area contributed by atoms with Gasteiger partial charge in [0.05, 0.1) is 19.9 Å². The van der Waals surface area contributed by atoms with E-state index in [2.05, 4.69) is 15.6 Å². The van der Waals surface area contributed by atoms with Crippen LogP contribution in [0.25, 0.3) is 11.5 Å². The number of oxazole rings is 1. The number of urea groups is 1. The van der Waals surface area contributed by atoms with E-state index in [0.29, 0.717) is 36.0 Å². The van der Waals surface area contributed by atoms with Crippen molar-refractivity contribution in [1.82, 2.24) is 10.3 Å². The number of hydrogen-bond donors (Lipinski definition) is 2. The summed E-state index contributed by atoms with van der Waals surface area (Å²) in [6.45, 7) is 0.424. The molecule has 0 radical (unpaired) electrons. The molecule has 2 amide bonds. The number of nitrogens with one attached hydrogen (secondary N) is 2. The van der Waals surface area contributed by atoms with Crippen molar-refractivity contribution in [2.75, 3.05) is 26.1 Å². The number of carbonyl (C=O) groups excluding carboxylic acids is 1. The highest BCUT2D eigenvalue weighted by Gasteiger charge is 2.08. The number of ether oxygens (including phenoxy) is 2. The smallest absolute Gasteiger partial charge is 0.319 e. The number of anilines is 1. The van der Waals surface area contributed by atoms with Gasteiger partial charge in [-0.1, -0.05) is 18.2 Å². The normalized spacial score (nSPS) is 10.3. The molecule has 1 heterocycles. The average molecular weight is 367 g/mol. The Labute approximate surface area is 157 Å². The maximum absolute atomic E-state index is 12.1. The summed E-state index contributed by atoms with van der Waals surface area (Å²) in [5.74, 6) is 1.76. The summed E-state index contributed by atoms with van der Waals surface area (Å²) >= 11 is 0. The van der Waals surface area contributed by atoms with Crippen molar-refractivity contribution in [2.45, 2.75) is 6.42 Å². The molecule has 0 fully saturated rings. The summed E-state index contributed by atoms with van der Waals surface area (Å²) in [5, 5.41) is 5.55. The Morgan fingerprint density at radius 3 is 2.44 bits per heavy atom. The topological polar surface area (TPSA) is 85.6 Å². The zero-order valence-electron chi connectivity index (χ0n) is 15.2. The maximum atomic E-state index is 12.1. The molecule has 0 aliphatic rings. The van der Waals surface area contributed by atoms with E-state index in [9.17, 15) is 4.79 Å². The van der Waals surface area contributed by atoms with E-state index in [-0.39, 0.29) is 6.03 Å². The van der Waals surface area contributed by atoms with Gasteiger partial charge in [-0.05, 0) is 12.1 Å². The highest BCUT2D eigenvalue weighted by Crippen LogP contribution is 2.25. The molecule has 0 aliphatic carbocycles. The first kappa shape index (κ1) is 18.3. The standard InChI is InChI=1S/C20H21N3O4/c1-25-17-10-16(11-18(12-17)26-2)23-20(24)21-9-8-15-13-27-19(22-15)14-6-4-3-5-7-14/h3-7,10-13H,8-9H2,1-2H3,(H2,21,23,24). The van der Waals surface area contributed by atoms with Crippen LogP contribution in [0.3, 0.4) is 0 Å². The van der Waals surface area contributed by atoms with Crippen molar-refractivity contribution in [2.24, 2.45) is 0 Å². The molecule has 0 saturated heterocycles. The fourth-order valence-electron chi connectivity index (χ4n) is 2.49. The summed E-state index contributed by atoms with van der Waals surface area (Å²) in [4.78, 5) is 16.5. The fraction of sp³-hybridized carbons (Fsp3) is 0.200. The van der Waals surface area contributed by atoms with E-state index >= 15 is 0 Å². The third kappa shape index (κ3) is 5.01. The largest absolute Gasteiger partial charge is 0.497 e. The molecule has 0 aliphatic heterocycles. The molecular formula is C20H21N3O4. The van der Waals surface area contributed by atoms with E-state index in [1.807, 2.05) is 30.3 Å². The number of carbonyl (C=O) groups is 1. The van der Waals surface area contributed by atoms with Gasteiger partial charge in [-0.15, -0.1) is 0 Å². The van der Waals surface area contributed by atoms with Crippen LogP contribution in [-0.4, -0.2) is 31.8 Å². The summed E-state index contributed by atoms with van der Waals surface area (Å²) in [6, 6.07) is 14.5. The second-order valence-electron chi connectivity index (χ2n) is 5.74. The Kier molecular flexibility index (Phi) is 5.94. The van der Waals surface area contributed by atoms with Crippen LogP contribution in [0.2, 0.25) is 0 Å². The number of amides is 2. The lowest BCUT2D eigenvalue weighted by molar-refractivity contribution is 0.252. The molecule has 3 rings (SSSR count). The van der Waals surface area contributed by atoms with Crippen molar-refractivity contribution >= 4 is 11.7 Å². The Bertz CT molecular complexity index is 871. The molecule has 7 heteroatoms. The number of rotatable bonds is 7. The first-order valence-electron chi connectivity index (χ1n) is 8.45. The molecule has 1 aromatic heterocycles. The average Bonchev–Trinajstić information content (AvgIpc) is 3.17. The van der Waals surface area contributed by atoms with Crippen molar-refractivity contribution in [3.63, 3.8) is 0 Å². The highest BCUT2D eigenvalue weighted by molar-refractivity contribution is 5.89. The summed E-state index contributed by atoms with van der Waals surface area (Å²) < 4.78 is 15.9. The lowest BCUT2D eigenvalue weighted by Crippen LogP contribution is -2.30. The number of hydrogen-bond acceptors (Lipinski definition) is 5. The van der Waals surface area contributed by atoms with Crippen LogP contribution in [0, 0.1) is 0 Å². The molecule has 7 nitrogen and oxygen atoms in total. The van der Waals surface area contributed by atoms with Crippen LogP contribution in [0.4, 0.5) is 10.5 Å². The van der Waals surface area contributed by atoms with Crippen LogP contribution in [0.5, 0.6) is 11.5 Å². The van der Waals surface area contributed by atoms with Gasteiger partial charge in [0.25, 0.3) is 0 Å². The molecule has 2 aromatic carbocycles. The second-order valence-corrected chi connectivity index (χ2v) is 5.74. The van der Waals surface area contributed by atoms with Crippen molar-refractivity contribution in [3.8, 4) is 23.0 Å². The molecule has 0 atom stereocenters. The number of nitrogens with zero attached hydrogens (tertiary/aromatic N) is 1. The fourth-order valence-corrected chi connectivity index (χ4v) is 2.49. The minimum Gasteiger partial charge on any atom is -0.497 e. The minimum absolute atomic E-state index is 0.322. The van der Waals surface area contributed by atoms with Gasteiger partial charge in [0, 0.05) is 42.4 Å². The second kappa shape index (κ2) is 8.75. The summed E-state index contributed by atoms with van der Waals surface area (Å²) in [5.41, 5.74) is 2.27. The SMILES string of the molecule is COc1cc(NC(=O)NCCc2coc(-c3ccccc3)n2)cc(OC)c1. The van der Waals surface area contributed by atoms with Gasteiger partial charge >= 0.3 is 6.03 Å². The van der Waals surface area contributed by atoms with Crippen LogP contribution in [0.15, 0.2) is 59.2 Å². The Balaban J connectivity index is 1.51. The molecule has 0 unspecified atom stereocenters. The van der Waals surface area contributed by atoms with E-state index in [4.69, 9.17) is 13.9 Å². The molecule has 0 spiro atoms. The number of aromatic nitrogens is 1. The van der Waals surface area contributed by atoms with Gasteiger partial charge < -0.3 is 24.5 Å². The van der Waals surface area contributed by atoms with Gasteiger partial charge in [-0.25, -0.2) is 9.78 Å². The number of benzene rings is 2. The lowest BCUT2D eigenvalue weighted by atomic mass is 10.2. The predicted molar refractivity (Wildman–Crippen MR) is 102 cm³/mol. The van der Waals surface area contributed by atoms with Crippen molar-refractivity contribution in [3.05, 3.63) is 60.5 Å². The van der Waals surface area contributed by atoms with Crippen molar-refractivity contribution in [1.29, 1.82) is 0 Å². The highest BCUT2D eigenvalue weighted by atomic mass is 16.5. The predicted octanol–water partition coefficient (Wildman–Crippen LogP) is 3.72. The zero-order chi connectivity index (χ0) is 19.1. The third-order valence-corrected chi connectivity index (χ3v) is 3.85. The van der Waals surface area contributed by atoms with Crippen molar-refractivity contribution < 1.29 is 18.7 Å². The van der Waals surface area contributed by atoms with Gasteiger partial charge in [-0.2, -0.15) is 0 Å². The zero-order valence-corrected chi connectivity index (χ0v) is 15.2. The molecule has 0 bridgehead atoms. The van der Waals surface area contributed by atoms with Gasteiger partial charge in [-0.3, -0.25) is 0 Å². The van der Waals surface area contributed by atoms with Crippen LogP contribution in [-0.2, 0) is 6.42 Å². The summed E-state index contributed by atoms with van der Waals surface area (Å²) in [6.07, 6.45) is 2.17. The monoisotopic (exact) mass is 367 g/mol. The number of methoxy groups -OCH3 is 2. The molecular weight excluding hydrogens is 346 g/mol. The van der Waals surface area contributed by atoms with Gasteiger partial charge in [0.2, 0.25) is 5.89 Å². The Hall–Kier alpha value is -3.48. The first-order chi connectivity index (χ1) is 13.2. The first-order valence-corrected chi connectivity index (χ1v) is 8.45. The third-order valence-electron chi connectivity index (χ3n) is 3.85. The lowest BCUT2D eigenvalue weighted by Gasteiger charge is -2.10. The van der Waals surface area contributed by atoms with Crippen LogP contribution >= 0.6 is 0 Å². The van der Waals surface area contributed by atoms with Gasteiger partial charge in [0.1, 0.15) is 17.8 Å². The summed E-state index contributed by atoms with van der Waals surface area (Å²) in [7, 11) is 3.11. The quantitative estimate of drug-likeness (QED) is 0.665. The van der Waals surface area contributed by atoms with E-state index in [0.717, 1.165) is 11.3 Å². The minimum atomic E-state index is -0.322. The molecule has 3 aromatic rings. The maximum Gasteiger partial charge on any atom is 0.319 e. The van der Waals surface area contributed by atoms with E-state index in [1.165, 1.54) is 0 Å².